The first-order valence-electron chi connectivity index (χ1n) is 6.03. The molecular formula is C12H20N4. The summed E-state index contributed by atoms with van der Waals surface area (Å²) < 4.78 is 0. The molecule has 1 aliphatic rings. The van der Waals surface area contributed by atoms with Gasteiger partial charge in [0, 0.05) is 24.3 Å². The lowest BCUT2D eigenvalue weighted by Gasteiger charge is -2.23. The summed E-state index contributed by atoms with van der Waals surface area (Å²) >= 11 is 0. The van der Waals surface area contributed by atoms with Crippen LogP contribution in [0, 0.1) is 13.8 Å². The summed E-state index contributed by atoms with van der Waals surface area (Å²) in [6, 6.07) is 2.58. The number of piperidine rings is 1. The van der Waals surface area contributed by atoms with Crippen LogP contribution in [-0.2, 0) is 0 Å². The van der Waals surface area contributed by atoms with E-state index in [1.807, 2.05) is 19.9 Å². The van der Waals surface area contributed by atoms with Crippen molar-refractivity contribution in [2.75, 3.05) is 18.4 Å². The number of anilines is 1. The van der Waals surface area contributed by atoms with E-state index in [9.17, 15) is 0 Å². The minimum Gasteiger partial charge on any atom is -0.368 e. The normalized spacial score (nSPS) is 20.8. The zero-order chi connectivity index (χ0) is 11.4. The van der Waals surface area contributed by atoms with Crippen LogP contribution in [0.15, 0.2) is 6.07 Å². The fraction of sp³-hybridized carbons (Fsp3) is 0.667. The van der Waals surface area contributed by atoms with E-state index < -0.39 is 0 Å². The molecule has 1 aromatic rings. The smallest absolute Gasteiger partial charge is 0.129 e. The quantitative estimate of drug-likeness (QED) is 0.813. The molecule has 1 aliphatic heterocycles. The first kappa shape index (κ1) is 11.3. The number of hydrogen-bond acceptors (Lipinski definition) is 4. The summed E-state index contributed by atoms with van der Waals surface area (Å²) in [5.41, 5.74) is 1.02. The Morgan fingerprint density at radius 3 is 2.94 bits per heavy atom. The number of hydrogen-bond donors (Lipinski definition) is 2. The van der Waals surface area contributed by atoms with Crippen LogP contribution in [0.5, 0.6) is 0 Å². The molecule has 4 heteroatoms. The van der Waals surface area contributed by atoms with Crippen LogP contribution in [0.1, 0.15) is 30.8 Å². The molecule has 16 heavy (non-hydrogen) atoms. The second-order valence-electron chi connectivity index (χ2n) is 4.47. The van der Waals surface area contributed by atoms with Gasteiger partial charge in [-0.15, -0.1) is 0 Å². The molecule has 0 saturated carbocycles. The highest BCUT2D eigenvalue weighted by atomic mass is 15.1. The van der Waals surface area contributed by atoms with Gasteiger partial charge in [0.05, 0.1) is 0 Å². The van der Waals surface area contributed by atoms with Gasteiger partial charge in [0.1, 0.15) is 11.6 Å². The molecule has 4 nitrogen and oxygen atoms in total. The van der Waals surface area contributed by atoms with Gasteiger partial charge in [0.2, 0.25) is 0 Å². The summed E-state index contributed by atoms with van der Waals surface area (Å²) in [4.78, 5) is 8.63. The van der Waals surface area contributed by atoms with Crippen molar-refractivity contribution in [3.8, 4) is 0 Å². The summed E-state index contributed by atoms with van der Waals surface area (Å²) in [5.74, 6) is 1.77. The van der Waals surface area contributed by atoms with Crippen LogP contribution in [-0.4, -0.2) is 29.1 Å². The second-order valence-corrected chi connectivity index (χ2v) is 4.47. The van der Waals surface area contributed by atoms with Crippen molar-refractivity contribution >= 4 is 5.82 Å². The molecule has 0 amide bonds. The van der Waals surface area contributed by atoms with Gasteiger partial charge in [0.15, 0.2) is 0 Å². The maximum atomic E-state index is 4.37. The predicted octanol–water partition coefficient (Wildman–Crippen LogP) is 1.65. The van der Waals surface area contributed by atoms with Gasteiger partial charge < -0.3 is 10.6 Å². The van der Waals surface area contributed by atoms with E-state index in [1.165, 1.54) is 19.3 Å². The molecule has 2 heterocycles. The highest BCUT2D eigenvalue weighted by molar-refractivity contribution is 5.35. The number of aryl methyl sites for hydroxylation is 2. The third-order valence-corrected chi connectivity index (χ3v) is 2.91. The van der Waals surface area contributed by atoms with Crippen molar-refractivity contribution in [2.45, 2.75) is 39.2 Å². The molecule has 1 aromatic heterocycles. The van der Waals surface area contributed by atoms with Gasteiger partial charge in [-0.3, -0.25) is 0 Å². The van der Waals surface area contributed by atoms with E-state index in [4.69, 9.17) is 0 Å². The first-order chi connectivity index (χ1) is 7.74. The Labute approximate surface area is 96.9 Å². The summed E-state index contributed by atoms with van der Waals surface area (Å²) in [5, 5.41) is 6.90. The Bertz CT molecular complexity index is 325. The molecule has 2 rings (SSSR count). The van der Waals surface area contributed by atoms with Crippen molar-refractivity contribution in [2.24, 2.45) is 0 Å². The van der Waals surface area contributed by atoms with Crippen LogP contribution < -0.4 is 10.6 Å². The maximum absolute atomic E-state index is 4.37. The molecule has 1 unspecified atom stereocenters. The zero-order valence-corrected chi connectivity index (χ0v) is 10.1. The summed E-state index contributed by atoms with van der Waals surface area (Å²) in [6.07, 6.45) is 3.90. The average molecular weight is 220 g/mol. The van der Waals surface area contributed by atoms with Crippen LogP contribution in [0.3, 0.4) is 0 Å². The van der Waals surface area contributed by atoms with Crippen LogP contribution in [0.25, 0.3) is 0 Å². The zero-order valence-electron chi connectivity index (χ0n) is 10.1. The van der Waals surface area contributed by atoms with E-state index >= 15 is 0 Å². The van der Waals surface area contributed by atoms with Crippen molar-refractivity contribution in [3.05, 3.63) is 17.6 Å². The van der Waals surface area contributed by atoms with E-state index in [2.05, 4.69) is 20.6 Å². The maximum Gasteiger partial charge on any atom is 0.129 e. The first-order valence-corrected chi connectivity index (χ1v) is 6.03. The lowest BCUT2D eigenvalue weighted by atomic mass is 10.1. The Kier molecular flexibility index (Phi) is 3.72. The topological polar surface area (TPSA) is 49.8 Å². The summed E-state index contributed by atoms with van der Waals surface area (Å²) in [7, 11) is 0. The third-order valence-electron chi connectivity index (χ3n) is 2.91. The standard InChI is InChI=1S/C12H20N4/c1-9-7-12(16-10(2)15-9)14-8-11-5-3-4-6-13-11/h7,11,13H,3-6,8H2,1-2H3,(H,14,15,16). The van der Waals surface area contributed by atoms with E-state index in [-0.39, 0.29) is 0 Å². The molecule has 1 fully saturated rings. The molecule has 1 saturated heterocycles. The van der Waals surface area contributed by atoms with Crippen molar-refractivity contribution < 1.29 is 0 Å². The number of rotatable bonds is 3. The van der Waals surface area contributed by atoms with Crippen molar-refractivity contribution in [1.29, 1.82) is 0 Å². The van der Waals surface area contributed by atoms with E-state index in [0.29, 0.717) is 6.04 Å². The Morgan fingerprint density at radius 2 is 2.25 bits per heavy atom. The molecular weight excluding hydrogens is 200 g/mol. The third kappa shape index (κ3) is 3.17. The molecule has 2 N–H and O–H groups in total. The SMILES string of the molecule is Cc1cc(NCC2CCCCN2)nc(C)n1. The molecule has 0 bridgehead atoms. The van der Waals surface area contributed by atoms with Crippen molar-refractivity contribution in [3.63, 3.8) is 0 Å². The van der Waals surface area contributed by atoms with Gasteiger partial charge in [-0.05, 0) is 33.2 Å². The summed E-state index contributed by atoms with van der Waals surface area (Å²) in [6.45, 7) is 6.03. The largest absolute Gasteiger partial charge is 0.368 e. The van der Waals surface area contributed by atoms with Gasteiger partial charge in [0.25, 0.3) is 0 Å². The molecule has 0 spiro atoms. The highest BCUT2D eigenvalue weighted by Crippen LogP contribution is 2.09. The van der Waals surface area contributed by atoms with Crippen LogP contribution in [0.2, 0.25) is 0 Å². The van der Waals surface area contributed by atoms with Crippen LogP contribution in [0.4, 0.5) is 5.82 Å². The number of nitrogens with one attached hydrogen (secondary N) is 2. The lowest BCUT2D eigenvalue weighted by Crippen LogP contribution is -2.39. The number of aromatic nitrogens is 2. The predicted molar refractivity (Wildman–Crippen MR) is 65.6 cm³/mol. The molecule has 88 valence electrons. The van der Waals surface area contributed by atoms with E-state index in [1.54, 1.807) is 0 Å². The van der Waals surface area contributed by atoms with Gasteiger partial charge in [-0.1, -0.05) is 6.42 Å². The second kappa shape index (κ2) is 5.25. The van der Waals surface area contributed by atoms with Crippen molar-refractivity contribution in [1.82, 2.24) is 15.3 Å². The molecule has 0 aliphatic carbocycles. The van der Waals surface area contributed by atoms with E-state index in [0.717, 1.165) is 30.4 Å². The minimum atomic E-state index is 0.587. The lowest BCUT2D eigenvalue weighted by molar-refractivity contribution is 0.414. The number of nitrogens with zero attached hydrogens (tertiary/aromatic N) is 2. The fourth-order valence-corrected chi connectivity index (χ4v) is 2.13. The fourth-order valence-electron chi connectivity index (χ4n) is 2.13. The Hall–Kier alpha value is -1.16. The molecule has 1 atom stereocenters. The van der Waals surface area contributed by atoms with Gasteiger partial charge in [-0.25, -0.2) is 9.97 Å². The van der Waals surface area contributed by atoms with Crippen LogP contribution >= 0.6 is 0 Å². The molecule has 0 radical (unpaired) electrons. The van der Waals surface area contributed by atoms with Gasteiger partial charge in [-0.2, -0.15) is 0 Å². The Balaban J connectivity index is 1.88. The molecule has 0 aromatic carbocycles. The Morgan fingerprint density at radius 1 is 1.38 bits per heavy atom. The monoisotopic (exact) mass is 220 g/mol. The minimum absolute atomic E-state index is 0.587. The highest BCUT2D eigenvalue weighted by Gasteiger charge is 2.12. The van der Waals surface area contributed by atoms with Gasteiger partial charge >= 0.3 is 0 Å². The average Bonchev–Trinajstić information content (AvgIpc) is 2.27.